The average Bonchev–Trinajstić information content (AvgIpc) is 3.73. The maximum absolute atomic E-state index is 13.4. The smallest absolute Gasteiger partial charge is 0.264 e. The van der Waals surface area contributed by atoms with Gasteiger partial charge in [-0.2, -0.15) is 0 Å². The van der Waals surface area contributed by atoms with Crippen LogP contribution in [0.1, 0.15) is 93.1 Å². The zero-order valence-electron chi connectivity index (χ0n) is 24.8. The molecule has 2 saturated carbocycles. The summed E-state index contributed by atoms with van der Waals surface area (Å²) < 4.78 is 35.6. The Balaban J connectivity index is 1.30. The summed E-state index contributed by atoms with van der Waals surface area (Å²) in [6.45, 7) is 6.05. The van der Waals surface area contributed by atoms with Crippen LogP contribution < -0.4 is 14.4 Å². The molecule has 6 nitrogen and oxygen atoms in total. The highest BCUT2D eigenvalue weighted by Crippen LogP contribution is 2.63. The Bertz CT molecular complexity index is 1500. The minimum absolute atomic E-state index is 0.0171. The van der Waals surface area contributed by atoms with E-state index in [0.29, 0.717) is 23.5 Å². The Morgan fingerprint density at radius 3 is 2.60 bits per heavy atom. The van der Waals surface area contributed by atoms with Crippen molar-refractivity contribution in [2.75, 3.05) is 24.6 Å². The normalized spacial score (nSPS) is 33.4. The summed E-state index contributed by atoms with van der Waals surface area (Å²) in [7, 11) is -3.81. The third-order valence-electron chi connectivity index (χ3n) is 11.7. The van der Waals surface area contributed by atoms with Gasteiger partial charge in [0.15, 0.2) is 0 Å². The van der Waals surface area contributed by atoms with Gasteiger partial charge in [0.05, 0.1) is 17.5 Å². The fraction of sp³-hybridized carbons (Fsp3) is 0.618. The number of amides is 1. The molecule has 2 fully saturated rings. The highest BCUT2D eigenvalue weighted by atomic mass is 35.5. The van der Waals surface area contributed by atoms with E-state index in [2.05, 4.69) is 21.8 Å². The molecule has 2 bridgehead atoms. The van der Waals surface area contributed by atoms with Crippen LogP contribution in [0.2, 0.25) is 5.02 Å². The summed E-state index contributed by atoms with van der Waals surface area (Å²) in [6.07, 6.45) is 11.4. The van der Waals surface area contributed by atoms with Gasteiger partial charge >= 0.3 is 0 Å². The lowest BCUT2D eigenvalue weighted by Crippen LogP contribution is -2.49. The van der Waals surface area contributed by atoms with E-state index in [0.717, 1.165) is 67.6 Å². The van der Waals surface area contributed by atoms with E-state index >= 15 is 0 Å². The van der Waals surface area contributed by atoms with E-state index in [1.807, 2.05) is 25.1 Å². The molecule has 7 rings (SSSR count). The second kappa shape index (κ2) is 10.4. The predicted octanol–water partition coefficient (Wildman–Crippen LogP) is 6.89. The SMILES string of the molecule is C[C@@H]1[C@@H](C)CCCC2(CC2)[C@@H]2CC[C@H]2CN2C[C@@]3(CCCc4cc(Cl)ccc43)COc3ccc(cc32)C(=O)NS1(=O)=O. The number of anilines is 1. The fourth-order valence-electron chi connectivity index (χ4n) is 8.70. The van der Waals surface area contributed by atoms with E-state index in [9.17, 15) is 13.2 Å². The first-order valence-corrected chi connectivity index (χ1v) is 17.9. The molecule has 2 spiro atoms. The molecule has 5 aliphatic rings. The molecule has 1 N–H and O–H groups in total. The molecule has 0 radical (unpaired) electrons. The van der Waals surface area contributed by atoms with Gasteiger partial charge in [0, 0.05) is 29.1 Å². The van der Waals surface area contributed by atoms with Crippen molar-refractivity contribution in [1.29, 1.82) is 0 Å². The number of sulfonamides is 1. The number of hydrogen-bond donors (Lipinski definition) is 1. The summed E-state index contributed by atoms with van der Waals surface area (Å²) in [5.74, 6) is 1.52. The summed E-state index contributed by atoms with van der Waals surface area (Å²) in [4.78, 5) is 15.9. The Morgan fingerprint density at radius 1 is 1.00 bits per heavy atom. The predicted molar refractivity (Wildman–Crippen MR) is 167 cm³/mol. The molecule has 5 atom stereocenters. The van der Waals surface area contributed by atoms with Gasteiger partial charge in [-0.1, -0.05) is 31.0 Å². The molecule has 226 valence electrons. The first-order chi connectivity index (χ1) is 20.1. The second-order valence-electron chi connectivity index (χ2n) is 14.1. The third-order valence-corrected chi connectivity index (χ3v) is 13.9. The van der Waals surface area contributed by atoms with Gasteiger partial charge in [-0.15, -0.1) is 0 Å². The van der Waals surface area contributed by atoms with E-state index in [4.69, 9.17) is 16.3 Å². The minimum atomic E-state index is -3.81. The van der Waals surface area contributed by atoms with E-state index in [1.54, 1.807) is 13.0 Å². The lowest BCUT2D eigenvalue weighted by Gasteiger charge is -2.47. The number of rotatable bonds is 0. The van der Waals surface area contributed by atoms with Crippen molar-refractivity contribution >= 4 is 33.2 Å². The molecule has 42 heavy (non-hydrogen) atoms. The molecule has 0 saturated heterocycles. The summed E-state index contributed by atoms with van der Waals surface area (Å²) in [5, 5.41) is 0.136. The lowest BCUT2D eigenvalue weighted by atomic mass is 9.63. The summed E-state index contributed by atoms with van der Waals surface area (Å²) in [5.41, 5.74) is 4.15. The monoisotopic (exact) mass is 610 g/mol. The van der Waals surface area contributed by atoms with Crippen molar-refractivity contribution in [3.8, 4) is 5.75 Å². The van der Waals surface area contributed by atoms with Crippen molar-refractivity contribution < 1.29 is 17.9 Å². The number of nitrogens with one attached hydrogen (secondary N) is 1. The Labute approximate surface area is 255 Å². The van der Waals surface area contributed by atoms with Gasteiger partial charge in [-0.3, -0.25) is 4.79 Å². The number of benzene rings is 2. The van der Waals surface area contributed by atoms with Gasteiger partial charge in [0.25, 0.3) is 5.91 Å². The molecule has 0 unspecified atom stereocenters. The molecule has 2 aromatic rings. The first kappa shape index (κ1) is 28.5. The number of carbonyl (C=O) groups is 1. The molecule has 3 aliphatic carbocycles. The van der Waals surface area contributed by atoms with Crippen LogP contribution in [0.25, 0.3) is 0 Å². The van der Waals surface area contributed by atoms with Crippen molar-refractivity contribution in [2.24, 2.45) is 23.2 Å². The topological polar surface area (TPSA) is 75.7 Å². The van der Waals surface area contributed by atoms with Gasteiger partial charge in [0.2, 0.25) is 10.0 Å². The number of nitrogens with zero attached hydrogens (tertiary/aromatic N) is 1. The molecule has 1 amide bonds. The Kier molecular flexibility index (Phi) is 7.08. The van der Waals surface area contributed by atoms with Crippen molar-refractivity contribution in [3.63, 3.8) is 0 Å². The number of ether oxygens (including phenoxy) is 1. The summed E-state index contributed by atoms with van der Waals surface area (Å²) in [6, 6.07) is 11.8. The van der Waals surface area contributed by atoms with Crippen LogP contribution in [-0.4, -0.2) is 39.3 Å². The molecule has 2 aromatic carbocycles. The Morgan fingerprint density at radius 2 is 1.83 bits per heavy atom. The van der Waals surface area contributed by atoms with Gasteiger partial charge in [-0.25, -0.2) is 13.1 Å². The van der Waals surface area contributed by atoms with Gasteiger partial charge in [-0.05, 0) is 129 Å². The highest BCUT2D eigenvalue weighted by Gasteiger charge is 2.55. The zero-order chi connectivity index (χ0) is 29.3. The number of halogens is 1. The van der Waals surface area contributed by atoms with Crippen LogP contribution in [0.3, 0.4) is 0 Å². The van der Waals surface area contributed by atoms with Crippen LogP contribution in [0.4, 0.5) is 5.69 Å². The third kappa shape index (κ3) is 4.92. The van der Waals surface area contributed by atoms with Crippen LogP contribution in [0.5, 0.6) is 5.75 Å². The minimum Gasteiger partial charge on any atom is -0.490 e. The van der Waals surface area contributed by atoms with Crippen molar-refractivity contribution in [2.45, 2.75) is 88.7 Å². The molecular weight excluding hydrogens is 568 g/mol. The van der Waals surface area contributed by atoms with Crippen LogP contribution in [0, 0.1) is 23.2 Å². The molecule has 0 aromatic heterocycles. The standard InChI is InChI=1S/C34H43ClN2O4S/c1-22-5-3-13-33(15-16-33)29-10-7-26(29)19-37-20-34(14-4-6-24-17-27(35)9-11-28(24)34)21-41-31-12-8-25(18-30(31)37)32(38)36-42(39,40)23(22)2/h8-9,11-12,17-18,22-23,26,29H,3-7,10,13-16,19-21H2,1-2H3,(H,36,38)/t22-,23+,26-,29+,34-/m0/s1. The zero-order valence-corrected chi connectivity index (χ0v) is 26.4. The van der Waals surface area contributed by atoms with Gasteiger partial charge in [0.1, 0.15) is 5.75 Å². The molecule has 2 heterocycles. The number of carbonyl (C=O) groups excluding carboxylic acids is 1. The first-order valence-electron chi connectivity index (χ1n) is 16.0. The number of fused-ring (bicyclic) bond motifs is 5. The van der Waals surface area contributed by atoms with Crippen molar-refractivity contribution in [3.05, 3.63) is 58.1 Å². The lowest BCUT2D eigenvalue weighted by molar-refractivity contribution is 0.0818. The van der Waals surface area contributed by atoms with Gasteiger partial charge < -0.3 is 9.64 Å². The molecule has 2 aliphatic heterocycles. The van der Waals surface area contributed by atoms with E-state index < -0.39 is 21.2 Å². The van der Waals surface area contributed by atoms with E-state index in [-0.39, 0.29) is 11.3 Å². The Hall–Kier alpha value is -2.25. The van der Waals surface area contributed by atoms with Crippen molar-refractivity contribution in [1.82, 2.24) is 4.72 Å². The number of hydrogen-bond acceptors (Lipinski definition) is 5. The fourth-order valence-corrected chi connectivity index (χ4v) is 10.2. The quantitative estimate of drug-likeness (QED) is 0.352. The molecular formula is C34H43ClN2O4S. The maximum Gasteiger partial charge on any atom is 0.264 e. The van der Waals surface area contributed by atoms with Crippen LogP contribution >= 0.6 is 11.6 Å². The van der Waals surface area contributed by atoms with Crippen LogP contribution in [0.15, 0.2) is 36.4 Å². The average molecular weight is 611 g/mol. The maximum atomic E-state index is 13.4. The summed E-state index contributed by atoms with van der Waals surface area (Å²) >= 11 is 6.43. The van der Waals surface area contributed by atoms with E-state index in [1.165, 1.54) is 43.2 Å². The largest absolute Gasteiger partial charge is 0.490 e. The highest BCUT2D eigenvalue weighted by molar-refractivity contribution is 7.90. The number of aryl methyl sites for hydroxylation is 1. The van der Waals surface area contributed by atoms with Crippen LogP contribution in [-0.2, 0) is 21.9 Å². The second-order valence-corrected chi connectivity index (χ2v) is 16.6. The molecule has 8 heteroatoms.